The van der Waals surface area contributed by atoms with Crippen molar-refractivity contribution in [1.29, 1.82) is 0 Å². The maximum absolute atomic E-state index is 12.4. The Hall–Kier alpha value is -3.16. The van der Waals surface area contributed by atoms with E-state index in [2.05, 4.69) is 44.6 Å². The van der Waals surface area contributed by atoms with Crippen molar-refractivity contribution in [1.82, 2.24) is 30.2 Å². The molecule has 39 heavy (non-hydrogen) atoms. The van der Waals surface area contributed by atoms with E-state index in [0.717, 1.165) is 18.4 Å². The first kappa shape index (κ1) is 28.8. The first-order valence-corrected chi connectivity index (χ1v) is 13.6. The number of unbranched alkanes of at least 4 members (excludes halogenated alkanes) is 1. The lowest BCUT2D eigenvalue weighted by Crippen LogP contribution is -2.41. The third kappa shape index (κ3) is 7.28. The van der Waals surface area contributed by atoms with Crippen LogP contribution in [0.2, 0.25) is 0 Å². The number of carbonyl (C=O) groups excluding carboxylic acids is 1. The molecule has 0 aliphatic carbocycles. The average molecular weight is 541 g/mol. The van der Waals surface area contributed by atoms with Crippen molar-refractivity contribution in [2.24, 2.45) is 11.7 Å². The third-order valence-corrected chi connectivity index (χ3v) is 7.22. The highest BCUT2D eigenvalue weighted by molar-refractivity contribution is 5.81. The number of aliphatic hydroxyl groups is 2. The Kier molecular flexibility index (Phi) is 10.2. The Labute approximate surface area is 228 Å². The summed E-state index contributed by atoms with van der Waals surface area (Å²) < 4.78 is 7.75. The van der Waals surface area contributed by atoms with Gasteiger partial charge in [-0.05, 0) is 43.7 Å². The zero-order valence-corrected chi connectivity index (χ0v) is 22.3. The van der Waals surface area contributed by atoms with E-state index >= 15 is 0 Å². The number of rotatable bonds is 14. The normalized spacial score (nSPS) is 22.7. The summed E-state index contributed by atoms with van der Waals surface area (Å²) in [6, 6.07) is 9.45. The highest BCUT2D eigenvalue weighted by atomic mass is 16.6. The summed E-state index contributed by atoms with van der Waals surface area (Å²) in [5.74, 6) is 0.106. The number of hydrogen-bond donors (Lipinski definition) is 6. The van der Waals surface area contributed by atoms with Crippen molar-refractivity contribution < 1.29 is 19.7 Å². The van der Waals surface area contributed by atoms with Gasteiger partial charge in [-0.1, -0.05) is 43.7 Å². The molecule has 212 valence electrons. The Bertz CT molecular complexity index is 1190. The highest BCUT2D eigenvalue weighted by Gasteiger charge is 2.45. The zero-order chi connectivity index (χ0) is 27.8. The van der Waals surface area contributed by atoms with E-state index in [0.29, 0.717) is 50.1 Å². The largest absolute Gasteiger partial charge is 0.388 e. The van der Waals surface area contributed by atoms with E-state index < -0.39 is 30.6 Å². The first-order chi connectivity index (χ1) is 18.9. The van der Waals surface area contributed by atoms with Crippen LogP contribution in [0, 0.1) is 5.92 Å². The molecule has 1 aromatic carbocycles. The average Bonchev–Trinajstić information content (AvgIpc) is 3.49. The molecular weight excluding hydrogens is 500 g/mol. The van der Waals surface area contributed by atoms with Crippen LogP contribution in [-0.2, 0) is 16.1 Å². The van der Waals surface area contributed by atoms with Gasteiger partial charge in [-0.25, -0.2) is 15.0 Å². The fourth-order valence-electron chi connectivity index (χ4n) is 4.92. The predicted octanol–water partition coefficient (Wildman–Crippen LogP) is 0.848. The molecule has 2 aromatic heterocycles. The maximum Gasteiger partial charge on any atom is 0.236 e. The summed E-state index contributed by atoms with van der Waals surface area (Å²) in [7, 11) is 0. The molecule has 3 aromatic rings. The number of amides is 1. The van der Waals surface area contributed by atoms with Crippen LogP contribution >= 0.6 is 0 Å². The molecular formula is C27H40N8O4. The summed E-state index contributed by atoms with van der Waals surface area (Å²) in [5.41, 5.74) is 14.1. The van der Waals surface area contributed by atoms with Crippen molar-refractivity contribution in [3.8, 4) is 0 Å². The standard InChI is InChI=1S/C27H40N8O4/c1-2-3-11-31-26(38)19(28)10-9-18(14-30-13-17-7-5-4-6-8-17)12-20-22(36)23(37)27(39-20)35-16-34-21-24(29)32-15-33-25(21)35/h4-8,15-16,18-20,22-23,27,30,36-37H,2-3,9-14,28H2,1H3,(H,31,38)(H2,29,32,33)/t18-,19-,20+,22+,23+,27+/m0/s1. The fraction of sp³-hybridized carbons (Fsp3) is 0.556. The van der Waals surface area contributed by atoms with Crippen LogP contribution in [0.25, 0.3) is 11.2 Å². The number of nitrogens with two attached hydrogens (primary N) is 2. The molecule has 1 aliphatic heterocycles. The van der Waals surface area contributed by atoms with Crippen LogP contribution in [0.4, 0.5) is 5.82 Å². The highest BCUT2D eigenvalue weighted by Crippen LogP contribution is 2.35. The SMILES string of the molecule is CCCCNC(=O)[C@@H](N)CC[C@H](CNCc1ccccc1)C[C@H]1O[C@@H](n2cnc3c(N)ncnc32)[C@H](O)[C@@H]1O. The van der Waals surface area contributed by atoms with Gasteiger partial charge in [-0.2, -0.15) is 0 Å². The number of aliphatic hydroxyl groups excluding tert-OH is 2. The van der Waals surface area contributed by atoms with Crippen LogP contribution < -0.4 is 22.1 Å². The third-order valence-electron chi connectivity index (χ3n) is 7.22. The first-order valence-electron chi connectivity index (χ1n) is 13.6. The molecule has 6 atom stereocenters. The van der Waals surface area contributed by atoms with Gasteiger partial charge >= 0.3 is 0 Å². The van der Waals surface area contributed by atoms with Crippen molar-refractivity contribution >= 4 is 22.9 Å². The summed E-state index contributed by atoms with van der Waals surface area (Å²) in [4.78, 5) is 24.8. The number of imidazole rings is 1. The van der Waals surface area contributed by atoms with Crippen LogP contribution in [0.5, 0.6) is 0 Å². The maximum atomic E-state index is 12.4. The molecule has 1 saturated heterocycles. The molecule has 3 heterocycles. The smallest absolute Gasteiger partial charge is 0.236 e. The number of benzene rings is 1. The van der Waals surface area contributed by atoms with E-state index in [1.165, 1.54) is 12.7 Å². The number of nitrogen functional groups attached to an aromatic ring is 1. The van der Waals surface area contributed by atoms with E-state index in [-0.39, 0.29) is 17.6 Å². The van der Waals surface area contributed by atoms with Crippen molar-refractivity contribution in [3.63, 3.8) is 0 Å². The van der Waals surface area contributed by atoms with Crippen molar-refractivity contribution in [2.45, 2.75) is 76.2 Å². The van der Waals surface area contributed by atoms with E-state index in [1.807, 2.05) is 18.2 Å². The Balaban J connectivity index is 1.41. The molecule has 12 heteroatoms. The van der Waals surface area contributed by atoms with Crippen molar-refractivity contribution in [3.05, 3.63) is 48.5 Å². The minimum atomic E-state index is -1.19. The van der Waals surface area contributed by atoms with Gasteiger partial charge in [0.25, 0.3) is 0 Å². The predicted molar refractivity (Wildman–Crippen MR) is 147 cm³/mol. The van der Waals surface area contributed by atoms with Gasteiger partial charge in [-0.15, -0.1) is 0 Å². The van der Waals surface area contributed by atoms with Crippen molar-refractivity contribution in [2.75, 3.05) is 18.8 Å². The number of ether oxygens (including phenoxy) is 1. The van der Waals surface area contributed by atoms with E-state index in [4.69, 9.17) is 16.2 Å². The van der Waals surface area contributed by atoms with Crippen LogP contribution in [0.1, 0.15) is 50.8 Å². The molecule has 12 nitrogen and oxygen atoms in total. The fourth-order valence-corrected chi connectivity index (χ4v) is 4.92. The number of nitrogens with zero attached hydrogens (tertiary/aromatic N) is 4. The molecule has 1 amide bonds. The minimum absolute atomic E-state index is 0.0336. The van der Waals surface area contributed by atoms with Gasteiger partial charge in [0.1, 0.15) is 24.1 Å². The van der Waals surface area contributed by atoms with Gasteiger partial charge in [0, 0.05) is 13.1 Å². The monoisotopic (exact) mass is 540 g/mol. The molecule has 0 saturated carbocycles. The topological polar surface area (TPSA) is 186 Å². The van der Waals surface area contributed by atoms with Crippen LogP contribution in [0.3, 0.4) is 0 Å². The summed E-state index contributed by atoms with van der Waals surface area (Å²) in [5, 5.41) is 28.2. The summed E-state index contributed by atoms with van der Waals surface area (Å²) in [6.45, 7) is 4.00. The number of anilines is 1. The molecule has 0 unspecified atom stereocenters. The molecule has 0 bridgehead atoms. The lowest BCUT2D eigenvalue weighted by molar-refractivity contribution is -0.122. The molecule has 0 radical (unpaired) electrons. The summed E-state index contributed by atoms with van der Waals surface area (Å²) >= 11 is 0. The molecule has 4 rings (SSSR count). The lowest BCUT2D eigenvalue weighted by Gasteiger charge is -2.24. The van der Waals surface area contributed by atoms with Crippen LogP contribution in [0.15, 0.2) is 43.0 Å². The summed E-state index contributed by atoms with van der Waals surface area (Å²) in [6.07, 6.45) is 2.49. The second-order valence-corrected chi connectivity index (χ2v) is 10.2. The lowest BCUT2D eigenvalue weighted by atomic mass is 9.91. The second kappa shape index (κ2) is 13.8. The Morgan fingerprint density at radius 2 is 1.95 bits per heavy atom. The van der Waals surface area contributed by atoms with Crippen LogP contribution in [-0.4, -0.2) is 73.1 Å². The van der Waals surface area contributed by atoms with E-state index in [9.17, 15) is 15.0 Å². The zero-order valence-electron chi connectivity index (χ0n) is 22.3. The quantitative estimate of drug-likeness (QED) is 0.160. The number of nitrogens with one attached hydrogen (secondary N) is 2. The number of carbonyl (C=O) groups is 1. The minimum Gasteiger partial charge on any atom is -0.388 e. The van der Waals surface area contributed by atoms with Gasteiger partial charge in [0.15, 0.2) is 17.7 Å². The van der Waals surface area contributed by atoms with Gasteiger partial charge in [0.05, 0.1) is 18.5 Å². The molecule has 1 aliphatic rings. The van der Waals surface area contributed by atoms with Gasteiger partial charge in [-0.3, -0.25) is 9.36 Å². The van der Waals surface area contributed by atoms with E-state index in [1.54, 1.807) is 4.57 Å². The second-order valence-electron chi connectivity index (χ2n) is 10.2. The molecule has 1 fully saturated rings. The molecule has 8 N–H and O–H groups in total. The van der Waals surface area contributed by atoms with Gasteiger partial charge < -0.3 is 37.1 Å². The Morgan fingerprint density at radius 3 is 2.72 bits per heavy atom. The number of hydrogen-bond acceptors (Lipinski definition) is 10. The number of fused-ring (bicyclic) bond motifs is 1. The number of aromatic nitrogens is 4. The molecule has 0 spiro atoms. The Morgan fingerprint density at radius 1 is 1.15 bits per heavy atom. The van der Waals surface area contributed by atoms with Gasteiger partial charge in [0.2, 0.25) is 5.91 Å².